The zero-order chi connectivity index (χ0) is 26.4. The van der Waals surface area contributed by atoms with Crippen LogP contribution in [0.4, 0.5) is 0 Å². The van der Waals surface area contributed by atoms with Crippen molar-refractivity contribution < 1.29 is 0 Å². The van der Waals surface area contributed by atoms with Crippen molar-refractivity contribution >= 4 is 54.3 Å². The molecule has 2 N–H and O–H groups in total. The second-order valence-corrected chi connectivity index (χ2v) is 12.3. The van der Waals surface area contributed by atoms with Crippen molar-refractivity contribution in [2.24, 2.45) is 0 Å². The fourth-order valence-corrected chi connectivity index (χ4v) is 7.21. The molecular formula is C32H28N6S. The summed E-state index contributed by atoms with van der Waals surface area (Å²) >= 11 is 1.88. The molecule has 192 valence electrons. The van der Waals surface area contributed by atoms with E-state index in [9.17, 15) is 0 Å². The van der Waals surface area contributed by atoms with Gasteiger partial charge < -0.3 is 9.97 Å². The first kappa shape index (κ1) is 22.8. The number of rotatable bonds is 3. The van der Waals surface area contributed by atoms with E-state index in [0.29, 0.717) is 11.8 Å². The lowest BCUT2D eigenvalue weighted by atomic mass is 9.91. The summed E-state index contributed by atoms with van der Waals surface area (Å²) in [6, 6.07) is 13.6. The molecular weight excluding hydrogens is 500 g/mol. The summed E-state index contributed by atoms with van der Waals surface area (Å²) in [7, 11) is 0. The predicted octanol–water partition coefficient (Wildman–Crippen LogP) is 8.28. The van der Waals surface area contributed by atoms with Gasteiger partial charge in [-0.15, -0.1) is 11.3 Å². The fraction of sp³-hybridized carbons (Fsp3) is 0.250. The number of nitrogens with zero attached hydrogens (tertiary/aromatic N) is 4. The third kappa shape index (κ3) is 3.32. The summed E-state index contributed by atoms with van der Waals surface area (Å²) in [6.45, 7) is 8.70. The molecule has 0 fully saturated rings. The van der Waals surface area contributed by atoms with E-state index in [4.69, 9.17) is 19.9 Å². The molecule has 3 aromatic carbocycles. The maximum Gasteiger partial charge on any atom is 0.115 e. The Kier molecular flexibility index (Phi) is 4.80. The van der Waals surface area contributed by atoms with Crippen molar-refractivity contribution in [3.05, 3.63) is 71.7 Å². The highest BCUT2D eigenvalue weighted by atomic mass is 32.1. The van der Waals surface area contributed by atoms with Crippen LogP contribution in [0, 0.1) is 0 Å². The third-order valence-corrected chi connectivity index (χ3v) is 9.29. The van der Waals surface area contributed by atoms with E-state index in [1.807, 2.05) is 11.3 Å². The predicted molar refractivity (Wildman–Crippen MR) is 161 cm³/mol. The molecule has 0 saturated carbocycles. The smallest absolute Gasteiger partial charge is 0.115 e. The molecule has 8 rings (SSSR count). The van der Waals surface area contributed by atoms with Gasteiger partial charge in [0.2, 0.25) is 0 Å². The van der Waals surface area contributed by atoms with Gasteiger partial charge in [-0.1, -0.05) is 52.0 Å². The summed E-state index contributed by atoms with van der Waals surface area (Å²) in [5.41, 5.74) is 10.0. The Morgan fingerprint density at radius 3 is 2.38 bits per heavy atom. The molecule has 0 spiro atoms. The van der Waals surface area contributed by atoms with E-state index in [-0.39, 0.29) is 0 Å². The minimum atomic E-state index is 0.303. The van der Waals surface area contributed by atoms with E-state index >= 15 is 0 Å². The van der Waals surface area contributed by atoms with Crippen LogP contribution < -0.4 is 0 Å². The first-order valence-electron chi connectivity index (χ1n) is 13.7. The zero-order valence-corrected chi connectivity index (χ0v) is 23.2. The SMILES string of the molecule is CC(C)c1nc2c([nH]1)CCc1c-2ccc2cc(-c3ccc4c(c3)c3nccnc3c3[nH]c(C(C)C)nc43)sc12. The van der Waals surface area contributed by atoms with Gasteiger partial charge in [0.25, 0.3) is 0 Å². The minimum absolute atomic E-state index is 0.303. The van der Waals surface area contributed by atoms with E-state index in [1.54, 1.807) is 12.4 Å². The monoisotopic (exact) mass is 528 g/mol. The molecule has 0 aliphatic heterocycles. The Balaban J connectivity index is 1.31. The molecule has 0 unspecified atom stereocenters. The third-order valence-electron chi connectivity index (χ3n) is 8.03. The topological polar surface area (TPSA) is 83.1 Å². The Hall–Kier alpha value is -4.10. The van der Waals surface area contributed by atoms with Crippen LogP contribution in [0.5, 0.6) is 0 Å². The second-order valence-electron chi connectivity index (χ2n) is 11.2. The second kappa shape index (κ2) is 8.20. The average Bonchev–Trinajstić information content (AvgIpc) is 3.69. The van der Waals surface area contributed by atoms with Crippen molar-refractivity contribution in [1.29, 1.82) is 0 Å². The standard InChI is InChI=1S/C32H28N6S/c1-15(2)31-35-23-10-9-21-19(25(23)36-31)8-6-18-14-24(39-30(18)21)17-5-7-20-22(13-17)26-28(34-12-11-33-26)29-27(20)37-32(38-29)16(3)4/h5-8,11-16H,9-10H2,1-4H3,(H,35,36)(H,37,38). The van der Waals surface area contributed by atoms with Gasteiger partial charge in [-0.3, -0.25) is 9.97 Å². The van der Waals surface area contributed by atoms with Crippen LogP contribution in [0.2, 0.25) is 0 Å². The highest BCUT2D eigenvalue weighted by molar-refractivity contribution is 7.22. The van der Waals surface area contributed by atoms with E-state index < -0.39 is 0 Å². The van der Waals surface area contributed by atoms with Gasteiger partial charge in [-0.25, -0.2) is 9.97 Å². The summed E-state index contributed by atoms with van der Waals surface area (Å²) in [5, 5.41) is 3.49. The van der Waals surface area contributed by atoms with Gasteiger partial charge in [0.15, 0.2) is 0 Å². The van der Waals surface area contributed by atoms with Gasteiger partial charge >= 0.3 is 0 Å². The quantitative estimate of drug-likeness (QED) is 0.226. The normalized spacial score (nSPS) is 13.4. The van der Waals surface area contributed by atoms with Gasteiger partial charge in [-0.2, -0.15) is 0 Å². The lowest BCUT2D eigenvalue weighted by molar-refractivity contribution is 0.787. The summed E-state index contributed by atoms with van der Waals surface area (Å²) in [6.07, 6.45) is 5.58. The van der Waals surface area contributed by atoms with Crippen molar-refractivity contribution in [3.8, 4) is 21.7 Å². The number of fused-ring (bicyclic) bond motifs is 11. The lowest BCUT2D eigenvalue weighted by Crippen LogP contribution is -2.03. The van der Waals surface area contributed by atoms with Crippen LogP contribution in [0.1, 0.15) is 62.4 Å². The Morgan fingerprint density at radius 2 is 1.56 bits per heavy atom. The molecule has 39 heavy (non-hydrogen) atoms. The van der Waals surface area contributed by atoms with Gasteiger partial charge in [0.1, 0.15) is 17.2 Å². The molecule has 0 bridgehead atoms. The largest absolute Gasteiger partial charge is 0.345 e. The number of benzene rings is 3. The van der Waals surface area contributed by atoms with Crippen molar-refractivity contribution in [3.63, 3.8) is 0 Å². The molecule has 4 aromatic heterocycles. The van der Waals surface area contributed by atoms with Crippen LogP contribution in [0.3, 0.4) is 0 Å². The van der Waals surface area contributed by atoms with Gasteiger partial charge in [0, 0.05) is 55.8 Å². The van der Waals surface area contributed by atoms with Crippen LogP contribution in [-0.2, 0) is 12.8 Å². The molecule has 7 aromatic rings. The molecule has 0 radical (unpaired) electrons. The van der Waals surface area contributed by atoms with E-state index in [1.165, 1.54) is 37.3 Å². The number of hydrogen-bond acceptors (Lipinski definition) is 5. The lowest BCUT2D eigenvalue weighted by Gasteiger charge is -2.15. The summed E-state index contributed by atoms with van der Waals surface area (Å²) in [5.74, 6) is 2.75. The molecule has 1 aliphatic carbocycles. The highest BCUT2D eigenvalue weighted by Gasteiger charge is 2.24. The molecule has 0 saturated heterocycles. The van der Waals surface area contributed by atoms with Crippen LogP contribution >= 0.6 is 11.3 Å². The number of nitrogens with one attached hydrogen (secondary N) is 2. The van der Waals surface area contributed by atoms with Gasteiger partial charge in [-0.05, 0) is 41.5 Å². The number of aryl methyl sites for hydroxylation is 2. The average molecular weight is 529 g/mol. The van der Waals surface area contributed by atoms with Crippen molar-refractivity contribution in [2.75, 3.05) is 0 Å². The molecule has 1 aliphatic rings. The van der Waals surface area contributed by atoms with Crippen LogP contribution in [-0.4, -0.2) is 29.9 Å². The fourth-order valence-electron chi connectivity index (χ4n) is 5.98. The molecule has 7 heteroatoms. The number of aromatic amines is 2. The number of hydrogen-bond donors (Lipinski definition) is 2. The number of H-pyrrole nitrogens is 2. The molecule has 0 atom stereocenters. The molecule has 4 heterocycles. The Bertz CT molecular complexity index is 2090. The summed E-state index contributed by atoms with van der Waals surface area (Å²) < 4.78 is 1.37. The Labute approximate surface area is 229 Å². The first-order valence-corrected chi connectivity index (χ1v) is 14.5. The number of aromatic nitrogens is 6. The maximum absolute atomic E-state index is 4.99. The van der Waals surface area contributed by atoms with Crippen molar-refractivity contribution in [1.82, 2.24) is 29.9 Å². The summed E-state index contributed by atoms with van der Waals surface area (Å²) in [4.78, 5) is 27.8. The number of imidazole rings is 2. The first-order chi connectivity index (χ1) is 19.0. The van der Waals surface area contributed by atoms with Crippen molar-refractivity contribution in [2.45, 2.75) is 52.4 Å². The maximum atomic E-state index is 4.99. The minimum Gasteiger partial charge on any atom is -0.345 e. The van der Waals surface area contributed by atoms with E-state index in [0.717, 1.165) is 63.0 Å². The number of thiophene rings is 1. The van der Waals surface area contributed by atoms with E-state index in [2.05, 4.69) is 74.1 Å². The van der Waals surface area contributed by atoms with Gasteiger partial charge in [0.05, 0.1) is 22.2 Å². The molecule has 6 nitrogen and oxygen atoms in total. The highest BCUT2D eigenvalue weighted by Crippen LogP contribution is 2.43. The van der Waals surface area contributed by atoms with Crippen LogP contribution in [0.25, 0.3) is 64.6 Å². The van der Waals surface area contributed by atoms with Crippen LogP contribution in [0.15, 0.2) is 48.8 Å². The Morgan fingerprint density at radius 1 is 0.769 bits per heavy atom. The zero-order valence-electron chi connectivity index (χ0n) is 22.4. The molecule has 0 amide bonds.